The summed E-state index contributed by atoms with van der Waals surface area (Å²) in [5.74, 6) is -1.54. The van der Waals surface area contributed by atoms with Crippen molar-refractivity contribution in [1.29, 1.82) is 0 Å². The van der Waals surface area contributed by atoms with Gasteiger partial charge in [0.05, 0.1) is 0 Å². The Kier molecular flexibility index (Phi) is 5.08. The van der Waals surface area contributed by atoms with Crippen LogP contribution in [0, 0.1) is 11.6 Å². The first kappa shape index (κ1) is 13.4. The van der Waals surface area contributed by atoms with Crippen molar-refractivity contribution < 1.29 is 8.78 Å². The first-order valence-corrected chi connectivity index (χ1v) is 6.63. The van der Waals surface area contributed by atoms with Crippen LogP contribution >= 0.6 is 0 Å². The fourth-order valence-corrected chi connectivity index (χ4v) is 2.30. The summed E-state index contributed by atoms with van der Waals surface area (Å²) < 4.78 is 25.7. The van der Waals surface area contributed by atoms with E-state index in [1.54, 1.807) is 6.07 Å². The van der Waals surface area contributed by atoms with Gasteiger partial charge in [-0.25, -0.2) is 8.78 Å². The highest BCUT2D eigenvalue weighted by molar-refractivity contribution is 5.17. The first-order chi connectivity index (χ1) is 8.75. The van der Waals surface area contributed by atoms with Crippen molar-refractivity contribution in [3.05, 3.63) is 35.4 Å². The molecule has 1 aliphatic rings. The third kappa shape index (κ3) is 4.03. The van der Waals surface area contributed by atoms with Crippen molar-refractivity contribution in [2.75, 3.05) is 32.7 Å². The van der Waals surface area contributed by atoms with Crippen LogP contribution in [-0.4, -0.2) is 37.6 Å². The van der Waals surface area contributed by atoms with E-state index in [0.29, 0.717) is 0 Å². The maximum atomic E-state index is 13.0. The average Bonchev–Trinajstić information content (AvgIpc) is 2.86. The van der Waals surface area contributed by atoms with Gasteiger partial charge in [0.1, 0.15) is 0 Å². The van der Waals surface area contributed by atoms with E-state index in [2.05, 4.69) is 10.2 Å². The van der Waals surface area contributed by atoms with Crippen molar-refractivity contribution in [3.8, 4) is 0 Å². The molecule has 1 aliphatic heterocycles. The van der Waals surface area contributed by atoms with Crippen LogP contribution in [0.5, 0.6) is 0 Å². The van der Waals surface area contributed by atoms with Crippen LogP contribution in [-0.2, 0) is 6.42 Å². The molecule has 1 heterocycles. The summed E-state index contributed by atoms with van der Waals surface area (Å²) in [5.41, 5.74) is 0.836. The number of hydrogen-bond acceptors (Lipinski definition) is 2. The number of hydrogen-bond donors (Lipinski definition) is 1. The molecule has 18 heavy (non-hydrogen) atoms. The Morgan fingerprint density at radius 2 is 1.83 bits per heavy atom. The summed E-state index contributed by atoms with van der Waals surface area (Å²) in [7, 11) is 0. The highest BCUT2D eigenvalue weighted by Crippen LogP contribution is 2.09. The van der Waals surface area contributed by atoms with Gasteiger partial charge in [0.25, 0.3) is 0 Å². The lowest BCUT2D eigenvalue weighted by atomic mass is 10.1. The predicted octanol–water partition coefficient (Wildman–Crippen LogP) is 2.19. The zero-order chi connectivity index (χ0) is 12.8. The second-order valence-corrected chi connectivity index (χ2v) is 4.80. The van der Waals surface area contributed by atoms with Gasteiger partial charge in [-0.1, -0.05) is 6.07 Å². The van der Waals surface area contributed by atoms with Gasteiger partial charge in [-0.05, 0) is 56.6 Å². The largest absolute Gasteiger partial charge is 0.315 e. The Morgan fingerprint density at radius 3 is 2.56 bits per heavy atom. The van der Waals surface area contributed by atoms with Crippen LogP contribution in [0.1, 0.15) is 18.4 Å². The zero-order valence-corrected chi connectivity index (χ0v) is 10.6. The van der Waals surface area contributed by atoms with Crippen LogP contribution in [0.25, 0.3) is 0 Å². The normalized spacial score (nSPS) is 16.3. The summed E-state index contributed by atoms with van der Waals surface area (Å²) in [4.78, 5) is 2.45. The van der Waals surface area contributed by atoms with Crippen LogP contribution in [0.15, 0.2) is 18.2 Å². The Morgan fingerprint density at radius 1 is 1.06 bits per heavy atom. The molecule has 1 N–H and O–H groups in total. The molecule has 1 fully saturated rings. The molecular formula is C14H20F2N2. The molecule has 2 nitrogen and oxygen atoms in total. The van der Waals surface area contributed by atoms with E-state index < -0.39 is 11.6 Å². The van der Waals surface area contributed by atoms with Gasteiger partial charge in [0.15, 0.2) is 11.6 Å². The molecule has 1 aromatic rings. The van der Waals surface area contributed by atoms with Gasteiger partial charge >= 0.3 is 0 Å². The first-order valence-electron chi connectivity index (χ1n) is 6.63. The average molecular weight is 254 g/mol. The van der Waals surface area contributed by atoms with Crippen molar-refractivity contribution in [1.82, 2.24) is 10.2 Å². The molecule has 0 radical (unpaired) electrons. The lowest BCUT2D eigenvalue weighted by Gasteiger charge is -2.14. The van der Waals surface area contributed by atoms with Crippen molar-refractivity contribution in [2.45, 2.75) is 19.3 Å². The van der Waals surface area contributed by atoms with Crippen molar-refractivity contribution in [3.63, 3.8) is 0 Å². The summed E-state index contributed by atoms with van der Waals surface area (Å²) in [6.45, 7) is 5.27. The number of benzene rings is 1. The topological polar surface area (TPSA) is 15.3 Å². The number of likely N-dealkylation sites (tertiary alicyclic amines) is 1. The summed E-state index contributed by atoms with van der Waals surface area (Å²) in [6.07, 6.45) is 3.36. The van der Waals surface area contributed by atoms with Crippen molar-refractivity contribution >= 4 is 0 Å². The quantitative estimate of drug-likeness (QED) is 0.783. The lowest BCUT2D eigenvalue weighted by molar-refractivity contribution is 0.336. The smallest absolute Gasteiger partial charge is 0.159 e. The van der Waals surface area contributed by atoms with Crippen LogP contribution in [0.4, 0.5) is 8.78 Å². The number of nitrogens with zero attached hydrogens (tertiary/aromatic N) is 1. The van der Waals surface area contributed by atoms with E-state index in [1.165, 1.54) is 38.1 Å². The third-order valence-corrected chi connectivity index (χ3v) is 3.38. The van der Waals surface area contributed by atoms with Gasteiger partial charge in [-0.3, -0.25) is 0 Å². The molecule has 4 heteroatoms. The molecule has 0 atom stereocenters. The highest BCUT2D eigenvalue weighted by Gasteiger charge is 2.09. The Hall–Kier alpha value is -1.00. The van der Waals surface area contributed by atoms with Gasteiger partial charge in [0, 0.05) is 13.1 Å². The predicted molar refractivity (Wildman–Crippen MR) is 68.6 cm³/mol. The molecule has 1 saturated heterocycles. The molecule has 0 aliphatic carbocycles. The van der Waals surface area contributed by atoms with E-state index in [4.69, 9.17) is 0 Å². The molecule has 0 aromatic heterocycles. The minimum absolute atomic E-state index is 0.733. The maximum absolute atomic E-state index is 13.0. The summed E-state index contributed by atoms with van der Waals surface area (Å²) in [5, 5.41) is 3.34. The zero-order valence-electron chi connectivity index (χ0n) is 10.6. The van der Waals surface area contributed by atoms with Gasteiger partial charge in [0.2, 0.25) is 0 Å². The van der Waals surface area contributed by atoms with Gasteiger partial charge in [-0.2, -0.15) is 0 Å². The lowest BCUT2D eigenvalue weighted by Crippen LogP contribution is -2.30. The minimum Gasteiger partial charge on any atom is -0.315 e. The molecule has 0 bridgehead atoms. The highest BCUT2D eigenvalue weighted by atomic mass is 19.2. The van der Waals surface area contributed by atoms with E-state index in [-0.39, 0.29) is 0 Å². The monoisotopic (exact) mass is 254 g/mol. The Balaban J connectivity index is 1.61. The molecule has 100 valence electrons. The maximum Gasteiger partial charge on any atom is 0.159 e. The molecule has 1 aromatic carbocycles. The Labute approximate surface area is 107 Å². The van der Waals surface area contributed by atoms with Crippen LogP contribution in [0.2, 0.25) is 0 Å². The van der Waals surface area contributed by atoms with E-state index >= 15 is 0 Å². The summed E-state index contributed by atoms with van der Waals surface area (Å²) in [6, 6.07) is 4.10. The van der Waals surface area contributed by atoms with Crippen LogP contribution in [0.3, 0.4) is 0 Å². The Bertz CT molecular complexity index is 376. The van der Waals surface area contributed by atoms with Gasteiger partial charge in [-0.15, -0.1) is 0 Å². The SMILES string of the molecule is Fc1ccc(CCNCCN2CCCC2)cc1F. The van der Waals surface area contributed by atoms with E-state index in [0.717, 1.165) is 31.6 Å². The molecular weight excluding hydrogens is 234 g/mol. The fraction of sp³-hybridized carbons (Fsp3) is 0.571. The molecule has 0 saturated carbocycles. The molecule has 2 rings (SSSR count). The van der Waals surface area contributed by atoms with E-state index in [9.17, 15) is 8.78 Å². The number of nitrogens with one attached hydrogen (secondary N) is 1. The van der Waals surface area contributed by atoms with E-state index in [1.807, 2.05) is 0 Å². The molecule has 0 spiro atoms. The summed E-state index contributed by atoms with van der Waals surface area (Å²) >= 11 is 0. The third-order valence-electron chi connectivity index (χ3n) is 3.38. The number of halogens is 2. The van der Waals surface area contributed by atoms with Crippen LogP contribution < -0.4 is 5.32 Å². The standard InChI is InChI=1S/C14H20F2N2/c15-13-4-3-12(11-14(13)16)5-6-17-7-10-18-8-1-2-9-18/h3-4,11,17H,1-2,5-10H2. The fourth-order valence-electron chi connectivity index (χ4n) is 2.30. The van der Waals surface area contributed by atoms with Crippen molar-refractivity contribution in [2.24, 2.45) is 0 Å². The molecule has 0 amide bonds. The van der Waals surface area contributed by atoms with Gasteiger partial charge < -0.3 is 10.2 Å². The second kappa shape index (κ2) is 6.81. The number of rotatable bonds is 6. The minimum atomic E-state index is -0.777. The second-order valence-electron chi connectivity index (χ2n) is 4.80. The molecule has 0 unspecified atom stereocenters.